The normalized spacial score (nSPS) is 11.4. The van der Waals surface area contributed by atoms with Gasteiger partial charge in [-0.1, -0.05) is 12.1 Å². The average Bonchev–Trinajstić information content (AvgIpc) is 2.36. The van der Waals surface area contributed by atoms with E-state index in [0.717, 1.165) is 12.1 Å². The molecule has 2 N–H and O–H groups in total. The molecule has 0 atom stereocenters. The molecule has 0 spiro atoms. The lowest BCUT2D eigenvalue weighted by molar-refractivity contribution is -0.137. The van der Waals surface area contributed by atoms with Gasteiger partial charge in [-0.3, -0.25) is 0 Å². The SMILES string of the molecule is Nc1cc(C(F)(F)F)ccc1COc1cccc(F)c1. The molecule has 2 rings (SSSR count). The summed E-state index contributed by atoms with van der Waals surface area (Å²) in [7, 11) is 0. The second kappa shape index (κ2) is 5.40. The van der Waals surface area contributed by atoms with Gasteiger partial charge in [0.05, 0.1) is 5.56 Å². The summed E-state index contributed by atoms with van der Waals surface area (Å²) < 4.78 is 55.6. The van der Waals surface area contributed by atoms with E-state index in [9.17, 15) is 17.6 Å². The molecule has 20 heavy (non-hydrogen) atoms. The number of nitrogens with two attached hydrogens (primary N) is 1. The van der Waals surface area contributed by atoms with Crippen LogP contribution in [0.2, 0.25) is 0 Å². The minimum atomic E-state index is -4.43. The van der Waals surface area contributed by atoms with Crippen molar-refractivity contribution in [2.75, 3.05) is 5.73 Å². The van der Waals surface area contributed by atoms with Crippen molar-refractivity contribution in [3.8, 4) is 5.75 Å². The summed E-state index contributed by atoms with van der Waals surface area (Å²) in [4.78, 5) is 0. The first-order valence-electron chi connectivity index (χ1n) is 5.70. The van der Waals surface area contributed by atoms with Crippen molar-refractivity contribution >= 4 is 5.69 Å². The van der Waals surface area contributed by atoms with Crippen LogP contribution in [0.15, 0.2) is 42.5 Å². The fourth-order valence-electron chi connectivity index (χ4n) is 1.62. The summed E-state index contributed by atoms with van der Waals surface area (Å²) in [6, 6.07) is 8.49. The quantitative estimate of drug-likeness (QED) is 0.683. The number of ether oxygens (including phenoxy) is 1. The third-order valence-corrected chi connectivity index (χ3v) is 2.66. The lowest BCUT2D eigenvalue weighted by Crippen LogP contribution is -2.07. The molecule has 0 amide bonds. The fourth-order valence-corrected chi connectivity index (χ4v) is 1.62. The van der Waals surface area contributed by atoms with Crippen molar-refractivity contribution in [3.63, 3.8) is 0 Å². The van der Waals surface area contributed by atoms with Gasteiger partial charge in [-0.2, -0.15) is 13.2 Å². The molecule has 0 aliphatic carbocycles. The highest BCUT2D eigenvalue weighted by Gasteiger charge is 2.30. The Morgan fingerprint density at radius 1 is 1.05 bits per heavy atom. The number of alkyl halides is 3. The second-order valence-electron chi connectivity index (χ2n) is 4.16. The zero-order chi connectivity index (χ0) is 14.8. The van der Waals surface area contributed by atoms with Gasteiger partial charge in [-0.05, 0) is 24.3 Å². The Labute approximate surface area is 112 Å². The van der Waals surface area contributed by atoms with Gasteiger partial charge in [0.15, 0.2) is 0 Å². The first-order valence-corrected chi connectivity index (χ1v) is 5.70. The van der Waals surface area contributed by atoms with Crippen LogP contribution in [-0.2, 0) is 12.8 Å². The van der Waals surface area contributed by atoms with Crippen LogP contribution in [0.5, 0.6) is 5.75 Å². The molecule has 0 bridgehead atoms. The molecule has 2 aromatic carbocycles. The van der Waals surface area contributed by atoms with Gasteiger partial charge < -0.3 is 10.5 Å². The summed E-state index contributed by atoms with van der Waals surface area (Å²) in [6.07, 6.45) is -4.43. The number of rotatable bonds is 3. The van der Waals surface area contributed by atoms with Gasteiger partial charge in [-0.25, -0.2) is 4.39 Å². The van der Waals surface area contributed by atoms with Gasteiger partial charge in [0.1, 0.15) is 18.2 Å². The lowest BCUT2D eigenvalue weighted by atomic mass is 10.1. The molecule has 2 aromatic rings. The standard InChI is InChI=1S/C14H11F4NO/c15-11-2-1-3-12(7-11)20-8-9-4-5-10(6-13(9)19)14(16,17)18/h1-7H,8,19H2. The lowest BCUT2D eigenvalue weighted by Gasteiger charge is -2.12. The van der Waals surface area contributed by atoms with Gasteiger partial charge in [-0.15, -0.1) is 0 Å². The average molecular weight is 285 g/mol. The molecule has 106 valence electrons. The molecule has 0 radical (unpaired) electrons. The third kappa shape index (κ3) is 3.40. The van der Waals surface area contributed by atoms with Crippen LogP contribution in [0.4, 0.5) is 23.2 Å². The zero-order valence-electron chi connectivity index (χ0n) is 10.2. The first kappa shape index (κ1) is 14.2. The van der Waals surface area contributed by atoms with Crippen molar-refractivity contribution < 1.29 is 22.3 Å². The van der Waals surface area contributed by atoms with Gasteiger partial charge in [0.25, 0.3) is 0 Å². The molecular formula is C14H11F4NO. The summed E-state index contributed by atoms with van der Waals surface area (Å²) in [5, 5.41) is 0. The molecule has 0 aliphatic heterocycles. The predicted octanol–water partition coefficient (Wildman–Crippen LogP) is 4.01. The van der Waals surface area contributed by atoms with Crippen LogP contribution >= 0.6 is 0 Å². The van der Waals surface area contributed by atoms with E-state index in [4.69, 9.17) is 10.5 Å². The summed E-state index contributed by atoms with van der Waals surface area (Å²) in [6.45, 7) is -0.0343. The van der Waals surface area contributed by atoms with Crippen LogP contribution < -0.4 is 10.5 Å². The Bertz CT molecular complexity index is 610. The van der Waals surface area contributed by atoms with Crippen LogP contribution in [0.25, 0.3) is 0 Å². The fraction of sp³-hybridized carbons (Fsp3) is 0.143. The minimum absolute atomic E-state index is 0.0174. The first-order chi connectivity index (χ1) is 9.36. The number of nitrogen functional groups attached to an aromatic ring is 1. The Kier molecular flexibility index (Phi) is 3.83. The molecular weight excluding hydrogens is 274 g/mol. The molecule has 0 aromatic heterocycles. The highest BCUT2D eigenvalue weighted by molar-refractivity contribution is 5.49. The van der Waals surface area contributed by atoms with Crippen LogP contribution in [0.1, 0.15) is 11.1 Å². The van der Waals surface area contributed by atoms with Crippen molar-refractivity contribution in [2.24, 2.45) is 0 Å². The number of hydrogen-bond donors (Lipinski definition) is 1. The second-order valence-corrected chi connectivity index (χ2v) is 4.16. The van der Waals surface area contributed by atoms with E-state index in [2.05, 4.69) is 0 Å². The van der Waals surface area contributed by atoms with E-state index >= 15 is 0 Å². The maximum Gasteiger partial charge on any atom is 0.416 e. The molecule has 0 fully saturated rings. The number of hydrogen-bond acceptors (Lipinski definition) is 2. The van der Waals surface area contributed by atoms with E-state index in [1.165, 1.54) is 24.3 Å². The predicted molar refractivity (Wildman–Crippen MR) is 66.6 cm³/mol. The molecule has 0 saturated heterocycles. The van der Waals surface area contributed by atoms with Crippen molar-refractivity contribution in [1.29, 1.82) is 0 Å². The third-order valence-electron chi connectivity index (χ3n) is 2.66. The van der Waals surface area contributed by atoms with Crippen LogP contribution in [-0.4, -0.2) is 0 Å². The largest absolute Gasteiger partial charge is 0.489 e. The maximum atomic E-state index is 12.9. The van der Waals surface area contributed by atoms with E-state index in [1.54, 1.807) is 6.07 Å². The summed E-state index contributed by atoms with van der Waals surface area (Å²) >= 11 is 0. The van der Waals surface area contributed by atoms with Crippen molar-refractivity contribution in [3.05, 3.63) is 59.4 Å². The Morgan fingerprint density at radius 3 is 2.40 bits per heavy atom. The highest BCUT2D eigenvalue weighted by Crippen LogP contribution is 2.31. The van der Waals surface area contributed by atoms with Crippen LogP contribution in [0.3, 0.4) is 0 Å². The van der Waals surface area contributed by atoms with E-state index < -0.39 is 17.6 Å². The molecule has 2 nitrogen and oxygen atoms in total. The summed E-state index contributed by atoms with van der Waals surface area (Å²) in [5.41, 5.74) is 5.13. The highest BCUT2D eigenvalue weighted by atomic mass is 19.4. The Morgan fingerprint density at radius 2 is 1.80 bits per heavy atom. The van der Waals surface area contributed by atoms with Gasteiger partial charge in [0.2, 0.25) is 0 Å². The van der Waals surface area contributed by atoms with Crippen molar-refractivity contribution in [2.45, 2.75) is 12.8 Å². The smallest absolute Gasteiger partial charge is 0.416 e. The Hall–Kier alpha value is -2.24. The number of halogens is 4. The van der Waals surface area contributed by atoms with Gasteiger partial charge in [0, 0.05) is 17.3 Å². The molecule has 0 unspecified atom stereocenters. The molecule has 0 heterocycles. The topological polar surface area (TPSA) is 35.2 Å². The Balaban J connectivity index is 2.11. The van der Waals surface area contributed by atoms with Crippen LogP contribution in [0, 0.1) is 5.82 Å². The minimum Gasteiger partial charge on any atom is -0.489 e. The monoisotopic (exact) mass is 285 g/mol. The van der Waals surface area contributed by atoms with E-state index in [-0.39, 0.29) is 18.0 Å². The molecule has 0 saturated carbocycles. The van der Waals surface area contributed by atoms with E-state index in [1.807, 2.05) is 0 Å². The number of anilines is 1. The molecule has 6 heteroatoms. The van der Waals surface area contributed by atoms with Gasteiger partial charge >= 0.3 is 6.18 Å². The molecule has 0 aliphatic rings. The van der Waals surface area contributed by atoms with E-state index in [0.29, 0.717) is 5.56 Å². The van der Waals surface area contributed by atoms with Crippen molar-refractivity contribution in [1.82, 2.24) is 0 Å². The summed E-state index contributed by atoms with van der Waals surface area (Å²) in [5.74, 6) is -0.174. The number of benzene rings is 2. The zero-order valence-corrected chi connectivity index (χ0v) is 10.2. The maximum absolute atomic E-state index is 12.9.